The van der Waals surface area contributed by atoms with Gasteiger partial charge in [-0.2, -0.15) is 5.26 Å². The van der Waals surface area contributed by atoms with E-state index in [1.54, 1.807) is 18.2 Å². The summed E-state index contributed by atoms with van der Waals surface area (Å²) in [6.07, 6.45) is 6.82. The fraction of sp³-hybridized carbons (Fsp3) is 0.160. The largest absolute Gasteiger partial charge is 0.325 e. The van der Waals surface area contributed by atoms with E-state index in [2.05, 4.69) is 11.4 Å². The molecule has 4 rings (SSSR count). The summed E-state index contributed by atoms with van der Waals surface area (Å²) < 4.78 is 0. The smallest absolute Gasteiger partial charge is 0.234 e. The number of thioether (sulfide) groups is 1. The SMILES string of the molecule is N#Cc1c(SCC(=O)Nc2cc(Cl)cc(Cl)c2)nc2c(c1C=Cc1ccccc1)CCC2. The predicted octanol–water partition coefficient (Wildman–Crippen LogP) is 6.65. The fourth-order valence-corrected chi connectivity index (χ4v) is 5.02. The number of carbonyl (C=O) groups excluding carboxylic acids is 1. The average molecular weight is 480 g/mol. The van der Waals surface area contributed by atoms with Gasteiger partial charge >= 0.3 is 0 Å². The van der Waals surface area contributed by atoms with Gasteiger partial charge in [0.25, 0.3) is 0 Å². The van der Waals surface area contributed by atoms with Crippen molar-refractivity contribution in [1.82, 2.24) is 4.98 Å². The highest BCUT2D eigenvalue weighted by Gasteiger charge is 2.22. The lowest BCUT2D eigenvalue weighted by Crippen LogP contribution is -2.14. The molecule has 0 aliphatic heterocycles. The molecule has 160 valence electrons. The molecule has 32 heavy (non-hydrogen) atoms. The Bertz CT molecular complexity index is 1220. The minimum atomic E-state index is -0.221. The third-order valence-corrected chi connectivity index (χ3v) is 6.49. The molecule has 0 bridgehead atoms. The number of carbonyl (C=O) groups is 1. The Labute approximate surface area is 201 Å². The number of hydrogen-bond donors (Lipinski definition) is 1. The third kappa shape index (κ3) is 5.34. The van der Waals surface area contributed by atoms with Crippen molar-refractivity contribution in [1.29, 1.82) is 5.26 Å². The number of anilines is 1. The second-order valence-corrected chi connectivity index (χ2v) is 9.17. The first-order valence-corrected chi connectivity index (χ1v) is 11.9. The van der Waals surface area contributed by atoms with E-state index in [4.69, 9.17) is 28.2 Å². The number of nitrogens with one attached hydrogen (secondary N) is 1. The first-order valence-electron chi connectivity index (χ1n) is 10.1. The monoisotopic (exact) mass is 479 g/mol. The number of nitriles is 1. The van der Waals surface area contributed by atoms with Crippen LogP contribution in [0.4, 0.5) is 5.69 Å². The highest BCUT2D eigenvalue weighted by atomic mass is 35.5. The molecule has 0 atom stereocenters. The molecule has 1 heterocycles. The molecular formula is C25H19Cl2N3OS. The standard InChI is InChI=1S/C25H19Cl2N3OS/c26-17-11-18(27)13-19(12-17)29-24(31)15-32-25-22(14-28)20(21-7-4-8-23(21)30-25)10-9-16-5-2-1-3-6-16/h1-3,5-6,9-13H,4,7-8,15H2,(H,29,31). The number of aromatic nitrogens is 1. The van der Waals surface area contributed by atoms with Crippen LogP contribution in [-0.4, -0.2) is 16.6 Å². The molecule has 0 radical (unpaired) electrons. The maximum atomic E-state index is 12.5. The molecule has 1 amide bonds. The minimum Gasteiger partial charge on any atom is -0.325 e. The number of nitrogens with zero attached hydrogens (tertiary/aromatic N) is 2. The molecular weight excluding hydrogens is 461 g/mol. The molecule has 0 unspecified atom stereocenters. The topological polar surface area (TPSA) is 65.8 Å². The second-order valence-electron chi connectivity index (χ2n) is 7.34. The molecule has 1 aromatic heterocycles. The molecule has 0 spiro atoms. The summed E-state index contributed by atoms with van der Waals surface area (Å²) in [4.78, 5) is 17.2. The summed E-state index contributed by atoms with van der Waals surface area (Å²) in [5.74, 6) is -0.104. The van der Waals surface area contributed by atoms with Gasteiger partial charge in [0, 0.05) is 21.4 Å². The lowest BCUT2D eigenvalue weighted by atomic mass is 10.0. The molecule has 3 aromatic rings. The third-order valence-electron chi connectivity index (χ3n) is 5.07. The van der Waals surface area contributed by atoms with Crippen molar-refractivity contribution >= 4 is 58.7 Å². The van der Waals surface area contributed by atoms with E-state index in [-0.39, 0.29) is 11.7 Å². The van der Waals surface area contributed by atoms with Crippen LogP contribution in [0.5, 0.6) is 0 Å². The lowest BCUT2D eigenvalue weighted by molar-refractivity contribution is -0.113. The molecule has 0 saturated heterocycles. The number of hydrogen-bond acceptors (Lipinski definition) is 4. The second kappa shape index (κ2) is 10.2. The van der Waals surface area contributed by atoms with Gasteiger partial charge in [0.1, 0.15) is 11.1 Å². The van der Waals surface area contributed by atoms with Crippen molar-refractivity contribution in [2.24, 2.45) is 0 Å². The molecule has 1 aliphatic carbocycles. The Hall–Kier alpha value is -2.78. The number of pyridine rings is 1. The van der Waals surface area contributed by atoms with E-state index >= 15 is 0 Å². The van der Waals surface area contributed by atoms with Crippen LogP contribution in [-0.2, 0) is 17.6 Å². The van der Waals surface area contributed by atoms with Gasteiger partial charge in [0.2, 0.25) is 5.91 Å². The highest BCUT2D eigenvalue weighted by Crippen LogP contribution is 2.33. The number of aryl methyl sites for hydroxylation is 1. The van der Waals surface area contributed by atoms with Gasteiger partial charge in [-0.3, -0.25) is 4.79 Å². The van der Waals surface area contributed by atoms with E-state index in [1.165, 1.54) is 11.8 Å². The number of fused-ring (bicyclic) bond motifs is 1. The van der Waals surface area contributed by atoms with Crippen LogP contribution in [0.2, 0.25) is 10.0 Å². The molecule has 1 N–H and O–H groups in total. The van der Waals surface area contributed by atoms with Crippen LogP contribution in [0, 0.1) is 11.3 Å². The summed E-state index contributed by atoms with van der Waals surface area (Å²) in [5, 5.41) is 14.2. The summed E-state index contributed by atoms with van der Waals surface area (Å²) in [5.41, 5.74) is 5.16. The van der Waals surface area contributed by atoms with Crippen LogP contribution in [0.1, 0.15) is 34.4 Å². The Morgan fingerprint density at radius 1 is 1.12 bits per heavy atom. The van der Waals surface area contributed by atoms with Crippen LogP contribution in [0.25, 0.3) is 12.2 Å². The Kier molecular flexibility index (Phi) is 7.16. The van der Waals surface area contributed by atoms with E-state index < -0.39 is 0 Å². The van der Waals surface area contributed by atoms with E-state index in [0.29, 0.717) is 26.3 Å². The minimum absolute atomic E-state index is 0.117. The van der Waals surface area contributed by atoms with Crippen LogP contribution in [0.15, 0.2) is 53.6 Å². The van der Waals surface area contributed by atoms with Gasteiger partial charge in [-0.1, -0.05) is 77.4 Å². The number of benzene rings is 2. The van der Waals surface area contributed by atoms with Gasteiger partial charge in [0.15, 0.2) is 0 Å². The molecule has 7 heteroatoms. The Morgan fingerprint density at radius 2 is 1.88 bits per heavy atom. The summed E-state index contributed by atoms with van der Waals surface area (Å²) >= 11 is 13.3. The summed E-state index contributed by atoms with van der Waals surface area (Å²) in [7, 11) is 0. The molecule has 0 saturated carbocycles. The first kappa shape index (κ1) is 22.4. The van der Waals surface area contributed by atoms with Crippen molar-refractivity contribution in [3.8, 4) is 6.07 Å². The van der Waals surface area contributed by atoms with Gasteiger partial charge < -0.3 is 5.32 Å². The van der Waals surface area contributed by atoms with Crippen molar-refractivity contribution in [2.45, 2.75) is 24.3 Å². The fourth-order valence-electron chi connectivity index (χ4n) is 3.68. The number of halogens is 2. The van der Waals surface area contributed by atoms with Crippen LogP contribution < -0.4 is 5.32 Å². The average Bonchev–Trinajstić information content (AvgIpc) is 3.24. The predicted molar refractivity (Wildman–Crippen MR) is 132 cm³/mol. The zero-order chi connectivity index (χ0) is 22.5. The van der Waals surface area contributed by atoms with E-state index in [1.807, 2.05) is 42.5 Å². The Morgan fingerprint density at radius 3 is 2.59 bits per heavy atom. The van der Waals surface area contributed by atoms with Crippen molar-refractivity contribution < 1.29 is 4.79 Å². The zero-order valence-electron chi connectivity index (χ0n) is 17.1. The molecule has 1 aliphatic rings. The molecule has 0 fully saturated rings. The highest BCUT2D eigenvalue weighted by molar-refractivity contribution is 8.00. The zero-order valence-corrected chi connectivity index (χ0v) is 19.4. The van der Waals surface area contributed by atoms with Crippen LogP contribution >= 0.6 is 35.0 Å². The maximum Gasteiger partial charge on any atom is 0.234 e. The van der Waals surface area contributed by atoms with Crippen molar-refractivity contribution in [2.75, 3.05) is 11.1 Å². The van der Waals surface area contributed by atoms with Gasteiger partial charge in [-0.25, -0.2) is 4.98 Å². The summed E-state index contributed by atoms with van der Waals surface area (Å²) in [6.45, 7) is 0. The maximum absolute atomic E-state index is 12.5. The van der Waals surface area contributed by atoms with Gasteiger partial charge in [0.05, 0.1) is 11.3 Å². The number of rotatable bonds is 6. The Balaban J connectivity index is 1.57. The molecule has 2 aromatic carbocycles. The summed E-state index contributed by atoms with van der Waals surface area (Å²) in [6, 6.07) is 17.2. The normalized spacial score (nSPS) is 12.5. The lowest BCUT2D eigenvalue weighted by Gasteiger charge is -2.12. The van der Waals surface area contributed by atoms with Crippen molar-refractivity contribution in [3.05, 3.63) is 86.5 Å². The van der Waals surface area contributed by atoms with Gasteiger partial charge in [-0.05, 0) is 54.2 Å². The first-order chi connectivity index (χ1) is 15.5. The quantitative estimate of drug-likeness (QED) is 0.401. The van der Waals surface area contributed by atoms with Crippen LogP contribution in [0.3, 0.4) is 0 Å². The van der Waals surface area contributed by atoms with E-state index in [9.17, 15) is 10.1 Å². The number of amides is 1. The molecule has 4 nitrogen and oxygen atoms in total. The van der Waals surface area contributed by atoms with Crippen molar-refractivity contribution in [3.63, 3.8) is 0 Å². The van der Waals surface area contributed by atoms with E-state index in [0.717, 1.165) is 41.6 Å². The van der Waals surface area contributed by atoms with Gasteiger partial charge in [-0.15, -0.1) is 0 Å².